The maximum atomic E-state index is 13.3. The fourth-order valence-corrected chi connectivity index (χ4v) is 4.03. The molecule has 174 valence electrons. The Balaban J connectivity index is 1.65. The molecule has 1 atom stereocenters. The molecular weight excluding hydrogens is 463 g/mol. The Morgan fingerprint density at radius 3 is 2.61 bits per heavy atom. The van der Waals surface area contributed by atoms with Gasteiger partial charge in [-0.2, -0.15) is 0 Å². The Kier molecular flexibility index (Phi) is 8.52. The maximum absolute atomic E-state index is 13.3. The normalized spacial score (nSPS) is 11.9. The lowest BCUT2D eigenvalue weighted by molar-refractivity contribution is -0.113. The van der Waals surface area contributed by atoms with E-state index in [1.54, 1.807) is 6.08 Å². The van der Waals surface area contributed by atoms with E-state index in [1.807, 2.05) is 23.6 Å². The van der Waals surface area contributed by atoms with Gasteiger partial charge in [0.1, 0.15) is 11.6 Å². The molecule has 1 unspecified atom stereocenters. The Morgan fingerprint density at radius 2 is 1.97 bits per heavy atom. The smallest absolute Gasteiger partial charge is 0.234 e. The number of anilines is 1. The van der Waals surface area contributed by atoms with Crippen LogP contribution in [0.2, 0.25) is 5.02 Å². The van der Waals surface area contributed by atoms with Crippen molar-refractivity contribution in [1.29, 1.82) is 0 Å². The summed E-state index contributed by atoms with van der Waals surface area (Å²) < 4.78 is 21.2. The van der Waals surface area contributed by atoms with E-state index in [0.717, 1.165) is 5.75 Å². The first-order valence-electron chi connectivity index (χ1n) is 10.5. The maximum Gasteiger partial charge on any atom is 0.234 e. The Hall–Kier alpha value is -2.84. The number of halogens is 2. The third-order valence-corrected chi connectivity index (χ3v) is 6.07. The zero-order valence-electron chi connectivity index (χ0n) is 18.7. The number of carbonyl (C=O) groups is 1. The molecule has 0 spiro atoms. The molecule has 1 amide bonds. The number of hydrogen-bond donors (Lipinski definition) is 1. The first kappa shape index (κ1) is 24.8. The van der Waals surface area contributed by atoms with Crippen LogP contribution in [-0.2, 0) is 11.3 Å². The summed E-state index contributed by atoms with van der Waals surface area (Å²) in [6.07, 6.45) is 1.38. The molecule has 0 aliphatic rings. The first-order valence-corrected chi connectivity index (χ1v) is 11.8. The molecule has 1 aromatic heterocycles. The second kappa shape index (κ2) is 11.3. The molecule has 1 heterocycles. The van der Waals surface area contributed by atoms with E-state index in [-0.39, 0.29) is 22.8 Å². The second-order valence-electron chi connectivity index (χ2n) is 7.69. The fourth-order valence-electron chi connectivity index (χ4n) is 3.10. The van der Waals surface area contributed by atoms with Crippen LogP contribution in [0.25, 0.3) is 0 Å². The van der Waals surface area contributed by atoms with Crippen molar-refractivity contribution in [2.24, 2.45) is 0 Å². The number of hydrogen-bond acceptors (Lipinski definition) is 5. The molecule has 6 nitrogen and oxygen atoms in total. The minimum Gasteiger partial charge on any atom is -0.483 e. The van der Waals surface area contributed by atoms with E-state index < -0.39 is 5.82 Å². The molecular formula is C24H26ClFN4O2S. The van der Waals surface area contributed by atoms with E-state index in [1.165, 1.54) is 35.5 Å². The summed E-state index contributed by atoms with van der Waals surface area (Å²) in [4.78, 5) is 12.3. The van der Waals surface area contributed by atoms with Crippen LogP contribution < -0.4 is 10.1 Å². The van der Waals surface area contributed by atoms with Gasteiger partial charge in [-0.25, -0.2) is 4.39 Å². The minimum absolute atomic E-state index is 0.0522. The molecule has 0 aliphatic carbocycles. The van der Waals surface area contributed by atoms with Crippen LogP contribution >= 0.6 is 23.4 Å². The third-order valence-electron chi connectivity index (χ3n) is 4.82. The summed E-state index contributed by atoms with van der Waals surface area (Å²) in [5.41, 5.74) is 1.66. The zero-order chi connectivity index (χ0) is 24.0. The predicted molar refractivity (Wildman–Crippen MR) is 131 cm³/mol. The first-order chi connectivity index (χ1) is 15.8. The number of thioether (sulfide) groups is 1. The van der Waals surface area contributed by atoms with E-state index in [9.17, 15) is 9.18 Å². The standard InChI is InChI=1S/C24H26ClFN4O2S/c1-5-12-30-23(16(4)32-19-9-6-17(7-10-19)15(2)3)28-29-24(30)33-14-22(31)27-18-8-11-21(26)20(25)13-18/h5-11,13,15-16H,1,12,14H2,2-4H3,(H,27,31). The van der Waals surface area contributed by atoms with Crippen LogP contribution in [0.15, 0.2) is 60.3 Å². The summed E-state index contributed by atoms with van der Waals surface area (Å²) in [6, 6.07) is 12.0. The monoisotopic (exact) mass is 488 g/mol. The van der Waals surface area contributed by atoms with E-state index in [4.69, 9.17) is 16.3 Å². The van der Waals surface area contributed by atoms with Gasteiger partial charge < -0.3 is 10.1 Å². The summed E-state index contributed by atoms with van der Waals surface area (Å²) >= 11 is 7.00. The van der Waals surface area contributed by atoms with E-state index in [0.29, 0.717) is 29.1 Å². The number of ether oxygens (including phenoxy) is 1. The fraction of sp³-hybridized carbons (Fsp3) is 0.292. The van der Waals surface area contributed by atoms with Gasteiger partial charge in [-0.05, 0) is 48.7 Å². The van der Waals surface area contributed by atoms with Gasteiger partial charge >= 0.3 is 0 Å². The van der Waals surface area contributed by atoms with Gasteiger partial charge in [0.05, 0.1) is 10.8 Å². The molecule has 0 radical (unpaired) electrons. The summed E-state index contributed by atoms with van der Waals surface area (Å²) in [6.45, 7) is 10.5. The van der Waals surface area contributed by atoms with Gasteiger partial charge in [0.2, 0.25) is 5.91 Å². The summed E-state index contributed by atoms with van der Waals surface area (Å²) in [7, 11) is 0. The van der Waals surface area contributed by atoms with Gasteiger partial charge in [-0.15, -0.1) is 16.8 Å². The lowest BCUT2D eigenvalue weighted by Crippen LogP contribution is -2.15. The quantitative estimate of drug-likeness (QED) is 0.270. The van der Waals surface area contributed by atoms with E-state index in [2.05, 4.69) is 48.1 Å². The number of allylic oxidation sites excluding steroid dienone is 1. The number of amides is 1. The van der Waals surface area contributed by atoms with Crippen molar-refractivity contribution in [1.82, 2.24) is 14.8 Å². The van der Waals surface area contributed by atoms with Crippen molar-refractivity contribution in [2.75, 3.05) is 11.1 Å². The summed E-state index contributed by atoms with van der Waals surface area (Å²) in [5, 5.41) is 11.7. The minimum atomic E-state index is -0.540. The number of nitrogens with zero attached hydrogens (tertiary/aromatic N) is 3. The van der Waals surface area contributed by atoms with Gasteiger partial charge in [-0.1, -0.05) is 55.4 Å². The SMILES string of the molecule is C=CCn1c(SCC(=O)Nc2ccc(F)c(Cl)c2)nnc1C(C)Oc1ccc(C(C)C)cc1. The topological polar surface area (TPSA) is 69.0 Å². The number of carbonyl (C=O) groups excluding carboxylic acids is 1. The molecule has 0 bridgehead atoms. The molecule has 0 aliphatic heterocycles. The van der Waals surface area contributed by atoms with Crippen molar-refractivity contribution >= 4 is 35.0 Å². The van der Waals surface area contributed by atoms with Crippen molar-refractivity contribution in [3.63, 3.8) is 0 Å². The highest BCUT2D eigenvalue weighted by molar-refractivity contribution is 7.99. The van der Waals surface area contributed by atoms with Crippen molar-refractivity contribution in [2.45, 2.75) is 44.5 Å². The molecule has 3 rings (SSSR count). The average molecular weight is 489 g/mol. The summed E-state index contributed by atoms with van der Waals surface area (Å²) in [5.74, 6) is 1.11. The van der Waals surface area contributed by atoms with Crippen molar-refractivity contribution < 1.29 is 13.9 Å². The van der Waals surface area contributed by atoms with Crippen molar-refractivity contribution in [3.05, 3.63) is 77.3 Å². The van der Waals surface area contributed by atoms with Gasteiger partial charge in [0.15, 0.2) is 17.1 Å². The van der Waals surface area contributed by atoms with Crippen LogP contribution in [0.4, 0.5) is 10.1 Å². The van der Waals surface area contributed by atoms with Gasteiger partial charge in [0, 0.05) is 12.2 Å². The van der Waals surface area contributed by atoms with E-state index >= 15 is 0 Å². The van der Waals surface area contributed by atoms with Crippen LogP contribution in [0.1, 0.15) is 44.2 Å². The number of benzene rings is 2. The van der Waals surface area contributed by atoms with Crippen LogP contribution in [0, 0.1) is 5.82 Å². The number of rotatable bonds is 10. The lowest BCUT2D eigenvalue weighted by atomic mass is 10.0. The Bertz CT molecular complexity index is 1120. The Morgan fingerprint density at radius 1 is 1.24 bits per heavy atom. The Labute approximate surface area is 202 Å². The molecule has 0 fully saturated rings. The zero-order valence-corrected chi connectivity index (χ0v) is 20.3. The van der Waals surface area contributed by atoms with Gasteiger partial charge in [-0.3, -0.25) is 9.36 Å². The van der Waals surface area contributed by atoms with Crippen LogP contribution in [-0.4, -0.2) is 26.4 Å². The predicted octanol–water partition coefficient (Wildman–Crippen LogP) is 6.25. The third kappa shape index (κ3) is 6.58. The molecule has 0 saturated heterocycles. The van der Waals surface area contributed by atoms with Crippen molar-refractivity contribution in [3.8, 4) is 5.75 Å². The largest absolute Gasteiger partial charge is 0.483 e. The van der Waals surface area contributed by atoms with Crippen LogP contribution in [0.5, 0.6) is 5.75 Å². The second-order valence-corrected chi connectivity index (χ2v) is 9.04. The van der Waals surface area contributed by atoms with Crippen LogP contribution in [0.3, 0.4) is 0 Å². The highest BCUT2D eigenvalue weighted by Crippen LogP contribution is 2.26. The highest BCUT2D eigenvalue weighted by Gasteiger charge is 2.20. The number of aromatic nitrogens is 3. The molecule has 33 heavy (non-hydrogen) atoms. The average Bonchev–Trinajstić information content (AvgIpc) is 3.18. The molecule has 9 heteroatoms. The molecule has 1 N–H and O–H groups in total. The lowest BCUT2D eigenvalue weighted by Gasteiger charge is -2.16. The molecule has 3 aromatic rings. The highest BCUT2D eigenvalue weighted by atomic mass is 35.5. The van der Waals surface area contributed by atoms with Gasteiger partial charge in [0.25, 0.3) is 0 Å². The number of nitrogens with one attached hydrogen (secondary N) is 1. The molecule has 0 saturated carbocycles. The molecule has 2 aromatic carbocycles.